The van der Waals surface area contributed by atoms with E-state index in [4.69, 9.17) is 4.84 Å². The molecule has 0 aliphatic rings. The second-order valence-electron chi connectivity index (χ2n) is 4.58. The highest BCUT2D eigenvalue weighted by Gasteiger charge is 2.13. The smallest absolute Gasteiger partial charge is 0.334 e. The molecule has 1 rings (SSSR count). The van der Waals surface area contributed by atoms with Crippen molar-refractivity contribution < 1.29 is 24.0 Å². The molecule has 0 aromatic heterocycles. The van der Waals surface area contributed by atoms with Crippen LogP contribution in [0.2, 0.25) is 0 Å². The lowest BCUT2D eigenvalue weighted by Crippen LogP contribution is -2.30. The van der Waals surface area contributed by atoms with Crippen LogP contribution in [-0.2, 0) is 14.4 Å². The Kier molecular flexibility index (Phi) is 7.76. The molecule has 1 N–H and O–H groups in total. The second kappa shape index (κ2) is 9.58. The lowest BCUT2D eigenvalue weighted by molar-refractivity contribution is -0.150. The SMILES string of the molecule is CCOC(=O)CONC(=O)c1ccc(C(=O)N(CC)CC)cc1. The Morgan fingerprint density at radius 2 is 1.57 bits per heavy atom. The molecule has 23 heavy (non-hydrogen) atoms. The fourth-order valence-electron chi connectivity index (χ4n) is 1.88. The molecule has 0 aliphatic heterocycles. The van der Waals surface area contributed by atoms with Crippen LogP contribution >= 0.6 is 0 Å². The van der Waals surface area contributed by atoms with Crippen molar-refractivity contribution in [1.82, 2.24) is 10.4 Å². The third-order valence-electron chi connectivity index (χ3n) is 3.10. The van der Waals surface area contributed by atoms with Gasteiger partial charge in [-0.2, -0.15) is 0 Å². The van der Waals surface area contributed by atoms with Gasteiger partial charge in [-0.05, 0) is 45.0 Å². The van der Waals surface area contributed by atoms with E-state index in [1.54, 1.807) is 24.0 Å². The molecular weight excluding hydrogens is 300 g/mol. The summed E-state index contributed by atoms with van der Waals surface area (Å²) in [6.45, 7) is 6.63. The van der Waals surface area contributed by atoms with Gasteiger partial charge in [0.2, 0.25) is 0 Å². The third kappa shape index (κ3) is 5.71. The predicted molar refractivity (Wildman–Crippen MR) is 83.7 cm³/mol. The Hall–Kier alpha value is -2.41. The summed E-state index contributed by atoms with van der Waals surface area (Å²) < 4.78 is 4.66. The van der Waals surface area contributed by atoms with Crippen molar-refractivity contribution >= 4 is 17.8 Å². The maximum absolute atomic E-state index is 12.1. The minimum atomic E-state index is -0.562. The molecule has 0 saturated heterocycles. The molecule has 0 radical (unpaired) electrons. The molecule has 2 amide bonds. The van der Waals surface area contributed by atoms with E-state index < -0.39 is 11.9 Å². The molecule has 0 aliphatic carbocycles. The van der Waals surface area contributed by atoms with E-state index in [1.807, 2.05) is 13.8 Å². The molecule has 126 valence electrons. The summed E-state index contributed by atoms with van der Waals surface area (Å²) in [6, 6.07) is 6.22. The quantitative estimate of drug-likeness (QED) is 0.577. The van der Waals surface area contributed by atoms with Gasteiger partial charge >= 0.3 is 5.97 Å². The van der Waals surface area contributed by atoms with Gasteiger partial charge in [-0.25, -0.2) is 10.3 Å². The Morgan fingerprint density at radius 1 is 1.00 bits per heavy atom. The largest absolute Gasteiger partial charge is 0.464 e. The van der Waals surface area contributed by atoms with Crippen LogP contribution in [-0.4, -0.2) is 49.0 Å². The van der Waals surface area contributed by atoms with E-state index in [0.717, 1.165) is 0 Å². The standard InChI is InChI=1S/C16H22N2O5/c1-4-18(5-2)16(21)13-9-7-12(8-10-13)15(20)17-23-11-14(19)22-6-3/h7-10H,4-6,11H2,1-3H3,(H,17,20). The lowest BCUT2D eigenvalue weighted by Gasteiger charge is -2.18. The molecule has 0 atom stereocenters. The predicted octanol–water partition coefficient (Wildman–Crippen LogP) is 1.39. The van der Waals surface area contributed by atoms with Crippen LogP contribution in [0.4, 0.5) is 0 Å². The molecule has 0 saturated carbocycles. The summed E-state index contributed by atoms with van der Waals surface area (Å²) in [7, 11) is 0. The lowest BCUT2D eigenvalue weighted by atomic mass is 10.1. The first kappa shape index (κ1) is 18.6. The molecule has 1 aromatic carbocycles. The van der Waals surface area contributed by atoms with Gasteiger partial charge in [0, 0.05) is 24.2 Å². The normalized spacial score (nSPS) is 10.0. The summed E-state index contributed by atoms with van der Waals surface area (Å²) in [5.74, 6) is -1.15. The fourth-order valence-corrected chi connectivity index (χ4v) is 1.88. The number of carbonyl (C=O) groups excluding carboxylic acids is 3. The Bertz CT molecular complexity index is 538. The van der Waals surface area contributed by atoms with Crippen molar-refractivity contribution in [2.24, 2.45) is 0 Å². The summed E-state index contributed by atoms with van der Waals surface area (Å²) in [6.07, 6.45) is 0. The minimum Gasteiger partial charge on any atom is -0.464 e. The van der Waals surface area contributed by atoms with Crippen LogP contribution in [0.5, 0.6) is 0 Å². The molecule has 7 nitrogen and oxygen atoms in total. The van der Waals surface area contributed by atoms with Crippen LogP contribution < -0.4 is 5.48 Å². The molecular formula is C16H22N2O5. The number of amides is 2. The number of nitrogens with one attached hydrogen (secondary N) is 1. The van der Waals surface area contributed by atoms with Gasteiger partial charge in [0.1, 0.15) is 0 Å². The number of nitrogens with zero attached hydrogens (tertiary/aromatic N) is 1. The molecule has 7 heteroatoms. The van der Waals surface area contributed by atoms with Crippen LogP contribution in [0.25, 0.3) is 0 Å². The Labute approximate surface area is 135 Å². The first-order valence-corrected chi connectivity index (χ1v) is 7.50. The molecule has 0 bridgehead atoms. The zero-order chi connectivity index (χ0) is 17.2. The second-order valence-corrected chi connectivity index (χ2v) is 4.58. The van der Waals surface area contributed by atoms with Crippen LogP contribution in [0.1, 0.15) is 41.5 Å². The first-order chi connectivity index (χ1) is 11.0. The molecule has 0 heterocycles. The highest BCUT2D eigenvalue weighted by molar-refractivity contribution is 5.97. The number of esters is 1. The Morgan fingerprint density at radius 3 is 2.09 bits per heavy atom. The van der Waals surface area contributed by atoms with Crippen molar-refractivity contribution in [2.75, 3.05) is 26.3 Å². The number of hydrogen-bond donors (Lipinski definition) is 1. The highest BCUT2D eigenvalue weighted by atomic mass is 16.7. The minimum absolute atomic E-state index is 0.0829. The van der Waals surface area contributed by atoms with Gasteiger partial charge in [0.15, 0.2) is 6.61 Å². The van der Waals surface area contributed by atoms with E-state index in [0.29, 0.717) is 24.2 Å². The van der Waals surface area contributed by atoms with Gasteiger partial charge in [0.05, 0.1) is 6.61 Å². The van der Waals surface area contributed by atoms with Gasteiger partial charge in [-0.15, -0.1) is 0 Å². The van der Waals surface area contributed by atoms with Gasteiger partial charge in [-0.3, -0.25) is 14.4 Å². The summed E-state index contributed by atoms with van der Waals surface area (Å²) >= 11 is 0. The third-order valence-corrected chi connectivity index (χ3v) is 3.10. The average Bonchev–Trinajstić information content (AvgIpc) is 2.56. The van der Waals surface area contributed by atoms with Crippen LogP contribution in [0.3, 0.4) is 0 Å². The molecule has 1 aromatic rings. The van der Waals surface area contributed by atoms with Crippen molar-refractivity contribution in [1.29, 1.82) is 0 Å². The number of hydrogen-bond acceptors (Lipinski definition) is 5. The maximum Gasteiger partial charge on any atom is 0.334 e. The highest BCUT2D eigenvalue weighted by Crippen LogP contribution is 2.08. The van der Waals surface area contributed by atoms with Gasteiger partial charge in [0.25, 0.3) is 11.8 Å². The molecule has 0 fully saturated rings. The number of benzene rings is 1. The van der Waals surface area contributed by atoms with E-state index in [9.17, 15) is 14.4 Å². The Balaban J connectivity index is 2.57. The van der Waals surface area contributed by atoms with Crippen molar-refractivity contribution in [3.05, 3.63) is 35.4 Å². The van der Waals surface area contributed by atoms with E-state index >= 15 is 0 Å². The number of hydroxylamine groups is 1. The van der Waals surface area contributed by atoms with Crippen LogP contribution in [0, 0.1) is 0 Å². The first-order valence-electron chi connectivity index (χ1n) is 7.50. The molecule has 0 spiro atoms. The zero-order valence-corrected chi connectivity index (χ0v) is 13.6. The number of ether oxygens (including phenoxy) is 1. The van der Waals surface area contributed by atoms with Gasteiger partial charge < -0.3 is 9.64 Å². The van der Waals surface area contributed by atoms with Crippen molar-refractivity contribution in [3.8, 4) is 0 Å². The summed E-state index contributed by atoms with van der Waals surface area (Å²) in [5.41, 5.74) is 2.98. The topological polar surface area (TPSA) is 84.9 Å². The average molecular weight is 322 g/mol. The summed E-state index contributed by atoms with van der Waals surface area (Å²) in [4.78, 5) is 41.5. The van der Waals surface area contributed by atoms with E-state index in [-0.39, 0.29) is 19.1 Å². The van der Waals surface area contributed by atoms with Crippen LogP contribution in [0.15, 0.2) is 24.3 Å². The molecule has 0 unspecified atom stereocenters. The van der Waals surface area contributed by atoms with Gasteiger partial charge in [-0.1, -0.05) is 0 Å². The summed E-state index contributed by atoms with van der Waals surface area (Å²) in [5, 5.41) is 0. The van der Waals surface area contributed by atoms with Crippen molar-refractivity contribution in [3.63, 3.8) is 0 Å². The number of rotatable bonds is 8. The monoisotopic (exact) mass is 322 g/mol. The number of carbonyl (C=O) groups is 3. The fraction of sp³-hybridized carbons (Fsp3) is 0.438. The van der Waals surface area contributed by atoms with E-state index in [2.05, 4.69) is 10.2 Å². The maximum atomic E-state index is 12.1. The van der Waals surface area contributed by atoms with E-state index in [1.165, 1.54) is 12.1 Å². The zero-order valence-electron chi connectivity index (χ0n) is 13.6. The van der Waals surface area contributed by atoms with Crippen molar-refractivity contribution in [2.45, 2.75) is 20.8 Å².